The van der Waals surface area contributed by atoms with Crippen molar-refractivity contribution in [3.63, 3.8) is 0 Å². The first-order valence-corrected chi connectivity index (χ1v) is 7.32. The molecule has 0 saturated carbocycles. The van der Waals surface area contributed by atoms with E-state index in [4.69, 9.17) is 0 Å². The van der Waals surface area contributed by atoms with Crippen LogP contribution in [0.3, 0.4) is 0 Å². The molecular weight excluding hydrogens is 304 g/mol. The van der Waals surface area contributed by atoms with Crippen molar-refractivity contribution in [3.8, 4) is 0 Å². The zero-order chi connectivity index (χ0) is 16.4. The van der Waals surface area contributed by atoms with Crippen molar-refractivity contribution in [3.05, 3.63) is 71.8 Å². The molecule has 0 amide bonds. The fourth-order valence-corrected chi connectivity index (χ4v) is 2.10. The summed E-state index contributed by atoms with van der Waals surface area (Å²) in [5.74, 6) is -0.0740. The van der Waals surface area contributed by atoms with Crippen molar-refractivity contribution in [1.82, 2.24) is 0 Å². The van der Waals surface area contributed by atoms with Crippen LogP contribution < -0.4 is 10.2 Å². The Morgan fingerprint density at radius 2 is 1.04 bits per heavy atom. The number of benzene rings is 2. The smallest absolute Gasteiger partial charge is 0.178 e. The van der Waals surface area contributed by atoms with Crippen molar-refractivity contribution in [2.24, 2.45) is 20.9 Å². The van der Waals surface area contributed by atoms with Gasteiger partial charge in [-0.05, 0) is 68.4 Å². The van der Waals surface area contributed by atoms with Crippen LogP contribution in [-0.4, -0.2) is 5.78 Å². The average Bonchev–Trinajstić information content (AvgIpc) is 3.50. The molecule has 2 aliphatic heterocycles. The van der Waals surface area contributed by atoms with Crippen LogP contribution in [0, 0.1) is 0 Å². The van der Waals surface area contributed by atoms with E-state index >= 15 is 0 Å². The number of rotatable bonds is 6. The number of anilines is 2. The Labute approximate surface area is 137 Å². The standard InChI is InChI=1S/C17H12N6O/c24-17(11-5-13-1-7-15(8-2-13)22-18-19-22)12-6-14-3-9-16(10-4-14)23-20-21-23/h1-12H/b11-5+,12-6+. The Morgan fingerprint density at radius 3 is 1.38 bits per heavy atom. The summed E-state index contributed by atoms with van der Waals surface area (Å²) in [5.41, 5.74) is 3.70. The lowest BCUT2D eigenvalue weighted by Gasteiger charge is -1.98. The molecule has 0 atom stereocenters. The summed E-state index contributed by atoms with van der Waals surface area (Å²) in [6.45, 7) is 0. The van der Waals surface area contributed by atoms with Gasteiger partial charge in [-0.1, -0.05) is 36.4 Å². The van der Waals surface area contributed by atoms with Crippen molar-refractivity contribution in [1.29, 1.82) is 0 Å². The highest BCUT2D eigenvalue weighted by atomic mass is 16.1. The molecule has 0 unspecified atom stereocenters. The van der Waals surface area contributed by atoms with Crippen molar-refractivity contribution < 1.29 is 4.79 Å². The molecule has 0 aliphatic carbocycles. The number of ketones is 1. The summed E-state index contributed by atoms with van der Waals surface area (Å²) in [6, 6.07) is 15.2. The van der Waals surface area contributed by atoms with Gasteiger partial charge >= 0.3 is 0 Å². The van der Waals surface area contributed by atoms with Crippen molar-refractivity contribution in [2.45, 2.75) is 0 Å². The maximum atomic E-state index is 11.9. The Bertz CT molecular complexity index is 795. The monoisotopic (exact) mass is 316 g/mol. The van der Waals surface area contributed by atoms with Crippen LogP contribution in [0.5, 0.6) is 0 Å². The third-order valence-electron chi connectivity index (χ3n) is 3.49. The molecule has 2 aromatic rings. The van der Waals surface area contributed by atoms with E-state index in [0.29, 0.717) is 0 Å². The summed E-state index contributed by atoms with van der Waals surface area (Å²) in [4.78, 5) is 11.9. The molecule has 4 rings (SSSR count). The largest absolute Gasteiger partial charge is 0.290 e. The van der Waals surface area contributed by atoms with Crippen LogP contribution >= 0.6 is 0 Å². The first-order chi connectivity index (χ1) is 11.8. The summed E-state index contributed by atoms with van der Waals surface area (Å²) in [6.07, 6.45) is 6.64. The molecule has 0 aromatic heterocycles. The minimum absolute atomic E-state index is 0.0740. The van der Waals surface area contributed by atoms with E-state index in [9.17, 15) is 4.79 Å². The second-order valence-corrected chi connectivity index (χ2v) is 5.19. The molecule has 7 heteroatoms. The molecule has 0 saturated heterocycles. The maximum Gasteiger partial charge on any atom is 0.178 e. The molecule has 0 bridgehead atoms. The normalized spacial score (nSPS) is 14.8. The molecule has 0 fully saturated rings. The van der Waals surface area contributed by atoms with Gasteiger partial charge in [0.2, 0.25) is 0 Å². The molecule has 2 aromatic carbocycles. The van der Waals surface area contributed by atoms with E-state index in [-0.39, 0.29) is 5.78 Å². The predicted molar refractivity (Wildman–Crippen MR) is 90.6 cm³/mol. The average molecular weight is 316 g/mol. The van der Waals surface area contributed by atoms with E-state index in [1.54, 1.807) is 24.3 Å². The Morgan fingerprint density at radius 1 is 0.667 bits per heavy atom. The highest BCUT2D eigenvalue weighted by molar-refractivity contribution is 6.04. The summed E-state index contributed by atoms with van der Waals surface area (Å²) >= 11 is 0. The van der Waals surface area contributed by atoms with Crippen LogP contribution in [0.25, 0.3) is 12.2 Å². The minimum Gasteiger partial charge on any atom is -0.290 e. The third-order valence-corrected chi connectivity index (χ3v) is 3.49. The summed E-state index contributed by atoms with van der Waals surface area (Å²) in [5, 5.41) is 17.9. The first kappa shape index (κ1) is 14.0. The second kappa shape index (κ2) is 5.88. The molecule has 0 radical (unpaired) electrons. The summed E-state index contributed by atoms with van der Waals surface area (Å²) < 4.78 is 0. The van der Waals surface area contributed by atoms with Crippen molar-refractivity contribution >= 4 is 29.3 Å². The molecule has 116 valence electrons. The van der Waals surface area contributed by atoms with Crippen LogP contribution in [0.4, 0.5) is 11.4 Å². The van der Waals surface area contributed by atoms with Gasteiger partial charge in [-0.2, -0.15) is 0 Å². The van der Waals surface area contributed by atoms with Gasteiger partial charge in [-0.3, -0.25) is 4.79 Å². The fraction of sp³-hybridized carbons (Fsp3) is 0. The number of carbonyl (C=O) groups is 1. The van der Waals surface area contributed by atoms with Gasteiger partial charge < -0.3 is 0 Å². The highest BCUT2D eigenvalue weighted by Gasteiger charge is 2.13. The lowest BCUT2D eigenvalue weighted by atomic mass is 10.1. The Kier molecular flexibility index (Phi) is 3.43. The minimum atomic E-state index is -0.0740. The predicted octanol–water partition coefficient (Wildman–Crippen LogP) is 4.19. The molecule has 0 N–H and O–H groups in total. The molecule has 0 spiro atoms. The molecule has 24 heavy (non-hydrogen) atoms. The highest BCUT2D eigenvalue weighted by Crippen LogP contribution is 2.24. The molecule has 2 aliphatic rings. The summed E-state index contributed by atoms with van der Waals surface area (Å²) in [7, 11) is 0. The number of hydrogen-bond donors (Lipinski definition) is 0. The van der Waals surface area contributed by atoms with Crippen LogP contribution in [0.1, 0.15) is 11.1 Å². The van der Waals surface area contributed by atoms with Gasteiger partial charge in [0.25, 0.3) is 0 Å². The van der Waals surface area contributed by atoms with E-state index in [2.05, 4.69) is 20.9 Å². The quantitative estimate of drug-likeness (QED) is 0.750. The van der Waals surface area contributed by atoms with Gasteiger partial charge in [-0.15, -0.1) is 10.2 Å². The van der Waals surface area contributed by atoms with Gasteiger partial charge in [0.1, 0.15) is 0 Å². The van der Waals surface area contributed by atoms with Crippen molar-refractivity contribution in [2.75, 3.05) is 10.2 Å². The van der Waals surface area contributed by atoms with Gasteiger partial charge in [0.05, 0.1) is 11.4 Å². The van der Waals surface area contributed by atoms with Crippen LogP contribution in [0.15, 0.2) is 81.6 Å². The third kappa shape index (κ3) is 3.41. The first-order valence-electron chi connectivity index (χ1n) is 7.32. The number of allylic oxidation sites excluding steroid dienone is 2. The van der Waals surface area contributed by atoms with Crippen LogP contribution in [0.2, 0.25) is 0 Å². The topological polar surface area (TPSA) is 72.5 Å². The van der Waals surface area contributed by atoms with Gasteiger partial charge in [-0.25, -0.2) is 0 Å². The SMILES string of the molecule is O=C(/C=C/c1ccc(N2N=N2)cc1)/C=C/c1ccc(N2N=N2)cc1. The van der Waals surface area contributed by atoms with Gasteiger partial charge in [0.15, 0.2) is 5.78 Å². The van der Waals surface area contributed by atoms with E-state index < -0.39 is 0 Å². The zero-order valence-corrected chi connectivity index (χ0v) is 12.5. The van der Waals surface area contributed by atoms with E-state index in [1.807, 2.05) is 48.5 Å². The number of hydrogen-bond acceptors (Lipinski definition) is 7. The lowest BCUT2D eigenvalue weighted by Crippen LogP contribution is -1.89. The Balaban J connectivity index is 1.34. The Hall–Kier alpha value is -3.61. The van der Waals surface area contributed by atoms with E-state index in [0.717, 1.165) is 22.5 Å². The number of nitrogens with zero attached hydrogens (tertiary/aromatic N) is 6. The molecular formula is C17H12N6O. The second-order valence-electron chi connectivity index (χ2n) is 5.19. The molecule has 2 heterocycles. The maximum absolute atomic E-state index is 11.9. The van der Waals surface area contributed by atoms with Gasteiger partial charge in [0, 0.05) is 0 Å². The molecule has 7 nitrogen and oxygen atoms in total. The van der Waals surface area contributed by atoms with E-state index in [1.165, 1.54) is 10.2 Å². The number of carbonyl (C=O) groups excluding carboxylic acids is 1. The zero-order valence-electron chi connectivity index (χ0n) is 12.5. The lowest BCUT2D eigenvalue weighted by molar-refractivity contribution is -0.110. The fourth-order valence-electron chi connectivity index (χ4n) is 2.10. The van der Waals surface area contributed by atoms with Crippen LogP contribution in [-0.2, 0) is 4.79 Å².